The molecule has 3 rings (SSSR count). The van der Waals surface area contributed by atoms with E-state index < -0.39 is 47.9 Å². The lowest BCUT2D eigenvalue weighted by Gasteiger charge is -2.46. The molecule has 0 bridgehead atoms. The van der Waals surface area contributed by atoms with E-state index in [2.05, 4.69) is 11.9 Å². The quantitative estimate of drug-likeness (QED) is 0.168. The summed E-state index contributed by atoms with van der Waals surface area (Å²) < 4.78 is 30.4. The van der Waals surface area contributed by atoms with Gasteiger partial charge in [0, 0.05) is 18.4 Å². The highest BCUT2D eigenvalue weighted by molar-refractivity contribution is 6.43. The zero-order valence-corrected chi connectivity index (χ0v) is 22.3. The highest BCUT2D eigenvalue weighted by atomic mass is 19.1. The average Bonchev–Trinajstić information content (AvgIpc) is 3.08. The summed E-state index contributed by atoms with van der Waals surface area (Å²) in [6.07, 6.45) is -0.0222. The van der Waals surface area contributed by atoms with Crippen molar-refractivity contribution in [3.05, 3.63) is 64.7 Å². The number of rotatable bonds is 9. The normalized spacial score (nSPS) is 13.6. The molecule has 0 atom stereocenters. The fraction of sp³-hybridized carbons (Fsp3) is 0.370. The largest absolute Gasteiger partial charge is 0.510 e. The molecule has 0 radical (unpaired) electrons. The van der Waals surface area contributed by atoms with Crippen LogP contribution in [0.15, 0.2) is 30.9 Å². The van der Waals surface area contributed by atoms with Crippen molar-refractivity contribution < 1.29 is 37.8 Å². The molecule has 2 amide bonds. The van der Waals surface area contributed by atoms with Crippen LogP contribution in [-0.2, 0) is 26.1 Å². The van der Waals surface area contributed by atoms with Crippen LogP contribution in [0.2, 0.25) is 0 Å². The number of hydrogen-bond donors (Lipinski definition) is 1. The molecule has 2 heterocycles. The smallest absolute Gasteiger partial charge is 0.432 e. The second-order valence-electron chi connectivity index (χ2n) is 9.31. The molecule has 0 aliphatic carbocycles. The fourth-order valence-electron chi connectivity index (χ4n) is 4.17. The Labute approximate surface area is 224 Å². The zero-order valence-electron chi connectivity index (χ0n) is 22.3. The maximum atomic E-state index is 13.7. The van der Waals surface area contributed by atoms with Gasteiger partial charge in [0.2, 0.25) is 0 Å². The van der Waals surface area contributed by atoms with Gasteiger partial charge < -0.3 is 24.1 Å². The maximum absolute atomic E-state index is 13.7. The van der Waals surface area contributed by atoms with Crippen LogP contribution in [0.4, 0.5) is 14.9 Å². The summed E-state index contributed by atoms with van der Waals surface area (Å²) in [5.41, 5.74) is -0.502. The molecule has 39 heavy (non-hydrogen) atoms. The Morgan fingerprint density at radius 2 is 1.97 bits per heavy atom. The van der Waals surface area contributed by atoms with E-state index >= 15 is 0 Å². The van der Waals surface area contributed by atoms with Crippen molar-refractivity contribution in [3.8, 4) is 6.07 Å². The number of nitrogens with zero attached hydrogens (tertiary/aromatic N) is 3. The molecule has 0 unspecified atom stereocenters. The summed E-state index contributed by atoms with van der Waals surface area (Å²) in [4.78, 5) is 53.3. The minimum atomic E-state index is -1.08. The zero-order chi connectivity index (χ0) is 29.1. The first-order valence-electron chi connectivity index (χ1n) is 11.9. The van der Waals surface area contributed by atoms with Gasteiger partial charge in [-0.05, 0) is 51.5 Å². The Kier molecular flexibility index (Phi) is 8.56. The predicted molar refractivity (Wildman–Crippen MR) is 136 cm³/mol. The summed E-state index contributed by atoms with van der Waals surface area (Å²) in [5.74, 6) is -3.28. The molecular formula is C27H29FN4O7. The monoisotopic (exact) mass is 540 g/mol. The van der Waals surface area contributed by atoms with Crippen molar-refractivity contribution in [1.82, 2.24) is 9.47 Å². The molecule has 0 saturated carbocycles. The van der Waals surface area contributed by atoms with Crippen molar-refractivity contribution >= 4 is 29.4 Å². The van der Waals surface area contributed by atoms with E-state index in [0.29, 0.717) is 5.69 Å². The van der Waals surface area contributed by atoms with Crippen LogP contribution in [0.1, 0.15) is 51.5 Å². The van der Waals surface area contributed by atoms with Gasteiger partial charge in [-0.2, -0.15) is 5.26 Å². The van der Waals surface area contributed by atoms with Gasteiger partial charge in [0.1, 0.15) is 23.1 Å². The molecule has 11 nitrogen and oxygen atoms in total. The topological polar surface area (TPSA) is 140 Å². The first-order valence-corrected chi connectivity index (χ1v) is 11.9. The molecule has 1 saturated heterocycles. The number of anilines is 1. The molecule has 12 heteroatoms. The minimum Gasteiger partial charge on any atom is -0.432 e. The Balaban J connectivity index is 1.92. The van der Waals surface area contributed by atoms with Gasteiger partial charge in [-0.15, -0.1) is 6.58 Å². The van der Waals surface area contributed by atoms with Crippen molar-refractivity contribution in [2.24, 2.45) is 7.05 Å². The van der Waals surface area contributed by atoms with Crippen LogP contribution in [-0.4, -0.2) is 64.8 Å². The van der Waals surface area contributed by atoms with Crippen molar-refractivity contribution in [2.75, 3.05) is 25.3 Å². The Morgan fingerprint density at radius 3 is 2.51 bits per heavy atom. The maximum Gasteiger partial charge on any atom is 0.510 e. The molecule has 1 aromatic carbocycles. The van der Waals surface area contributed by atoms with Gasteiger partial charge in [-0.3, -0.25) is 19.3 Å². The minimum absolute atomic E-state index is 0.00122. The number of amides is 2. The van der Waals surface area contributed by atoms with Crippen LogP contribution < -0.4 is 5.32 Å². The van der Waals surface area contributed by atoms with Gasteiger partial charge in [0.05, 0.1) is 30.4 Å². The summed E-state index contributed by atoms with van der Waals surface area (Å²) in [7, 11) is 1.55. The molecule has 206 valence electrons. The third kappa shape index (κ3) is 5.68. The number of ether oxygens (including phenoxy) is 3. The van der Waals surface area contributed by atoms with E-state index in [4.69, 9.17) is 19.5 Å². The molecule has 2 aromatic rings. The van der Waals surface area contributed by atoms with Gasteiger partial charge in [-0.1, -0.05) is 6.08 Å². The van der Waals surface area contributed by atoms with Crippen LogP contribution in [0.3, 0.4) is 0 Å². The van der Waals surface area contributed by atoms with Crippen LogP contribution in [0.25, 0.3) is 0 Å². The van der Waals surface area contributed by atoms with Crippen molar-refractivity contribution in [3.63, 3.8) is 0 Å². The second kappa shape index (κ2) is 11.5. The molecule has 1 aliphatic rings. The first kappa shape index (κ1) is 29.1. The lowest BCUT2D eigenvalue weighted by atomic mass is 9.94. The Morgan fingerprint density at radius 1 is 1.31 bits per heavy atom. The molecule has 1 aromatic heterocycles. The number of nitriles is 1. The SMILES string of the molecule is C=CC1(N(COC(=O)OC(C)C)C(=O)C(=O)c2c(C)c(C(=O)Nc3ccc(F)c(C#N)c3)n(C)c2C)COC1. The standard InChI is InChI=1S/C27H29FN4O7/c1-7-27(12-37-13-27)32(14-38-26(36)39-15(2)3)25(35)23(33)21-16(4)22(31(6)17(21)5)24(34)30-19-8-9-20(28)18(10-19)11-29/h7-10,15H,1,12-14H2,2-6H3,(H,30,34). The van der Waals surface area contributed by atoms with E-state index in [-0.39, 0.29) is 41.3 Å². The van der Waals surface area contributed by atoms with Gasteiger partial charge >= 0.3 is 6.16 Å². The van der Waals surface area contributed by atoms with Crippen LogP contribution in [0, 0.1) is 31.0 Å². The van der Waals surface area contributed by atoms with E-state index in [9.17, 15) is 23.6 Å². The Hall–Kier alpha value is -4.50. The number of carbonyl (C=O) groups excluding carboxylic acids is 4. The molecule has 1 fully saturated rings. The van der Waals surface area contributed by atoms with Crippen molar-refractivity contribution in [1.29, 1.82) is 5.26 Å². The number of carbonyl (C=O) groups is 4. The number of nitrogens with one attached hydrogen (secondary N) is 1. The second-order valence-corrected chi connectivity index (χ2v) is 9.31. The number of ketones is 1. The molecule has 0 spiro atoms. The van der Waals surface area contributed by atoms with Gasteiger partial charge in [0.25, 0.3) is 17.6 Å². The van der Waals surface area contributed by atoms with Gasteiger partial charge in [-0.25, -0.2) is 9.18 Å². The van der Waals surface area contributed by atoms with Crippen LogP contribution in [0.5, 0.6) is 0 Å². The predicted octanol–water partition coefficient (Wildman–Crippen LogP) is 3.39. The van der Waals surface area contributed by atoms with E-state index in [0.717, 1.165) is 11.0 Å². The summed E-state index contributed by atoms with van der Waals surface area (Å²) in [5, 5.41) is 11.6. The fourth-order valence-corrected chi connectivity index (χ4v) is 4.17. The van der Waals surface area contributed by atoms with Gasteiger partial charge in [0.15, 0.2) is 6.73 Å². The first-order chi connectivity index (χ1) is 18.4. The Bertz CT molecular complexity index is 1390. The average molecular weight is 541 g/mol. The molecule has 1 aliphatic heterocycles. The molecular weight excluding hydrogens is 511 g/mol. The van der Waals surface area contributed by atoms with Crippen molar-refractivity contribution in [2.45, 2.75) is 39.3 Å². The molecule has 1 N–H and O–H groups in total. The highest BCUT2D eigenvalue weighted by Gasteiger charge is 2.47. The lowest BCUT2D eigenvalue weighted by Crippen LogP contribution is -2.64. The third-order valence-corrected chi connectivity index (χ3v) is 6.42. The number of benzene rings is 1. The lowest BCUT2D eigenvalue weighted by molar-refractivity contribution is -0.163. The summed E-state index contributed by atoms with van der Waals surface area (Å²) >= 11 is 0. The van der Waals surface area contributed by atoms with E-state index in [1.807, 2.05) is 0 Å². The summed E-state index contributed by atoms with van der Waals surface area (Å²) in [6.45, 7) is 9.60. The van der Waals surface area contributed by atoms with Crippen LogP contribution >= 0.6 is 0 Å². The number of aromatic nitrogens is 1. The van der Waals surface area contributed by atoms with E-state index in [1.165, 1.54) is 29.7 Å². The summed E-state index contributed by atoms with van der Waals surface area (Å²) in [6, 6.07) is 5.24. The number of halogens is 1. The highest BCUT2D eigenvalue weighted by Crippen LogP contribution is 2.29. The number of Topliss-reactive ketones (excluding diaryl/α,β-unsaturated/α-hetero) is 1. The number of hydrogen-bond acceptors (Lipinski definition) is 8. The third-order valence-electron chi connectivity index (χ3n) is 6.42. The van der Waals surface area contributed by atoms with E-state index in [1.54, 1.807) is 33.9 Å².